The fourth-order valence-corrected chi connectivity index (χ4v) is 4.17. The quantitative estimate of drug-likeness (QED) is 0.619. The molecule has 0 unspecified atom stereocenters. The lowest BCUT2D eigenvalue weighted by Gasteiger charge is -2.03. The molecule has 2 aromatic carbocycles. The van der Waals surface area contributed by atoms with Gasteiger partial charge in [0.1, 0.15) is 0 Å². The van der Waals surface area contributed by atoms with Crippen molar-refractivity contribution in [1.29, 1.82) is 0 Å². The first-order valence-electron chi connectivity index (χ1n) is 7.70. The maximum Gasteiger partial charge on any atom is 0.272 e. The number of fused-ring (bicyclic) bond motifs is 1. The SMILES string of the molecule is CCn1c(=NC(=O)/C=C/c2ccccc2)sc2cc(Cl)cc(C)c21. The van der Waals surface area contributed by atoms with Gasteiger partial charge in [0.15, 0.2) is 4.80 Å². The number of rotatable bonds is 3. The van der Waals surface area contributed by atoms with Crippen molar-refractivity contribution in [3.8, 4) is 0 Å². The lowest BCUT2D eigenvalue weighted by Crippen LogP contribution is -2.15. The normalized spacial score (nSPS) is 12.4. The molecular weight excluding hydrogens is 340 g/mol. The van der Waals surface area contributed by atoms with E-state index in [2.05, 4.69) is 9.56 Å². The summed E-state index contributed by atoms with van der Waals surface area (Å²) in [6.07, 6.45) is 3.27. The number of amides is 1. The zero-order valence-electron chi connectivity index (χ0n) is 13.5. The molecule has 24 heavy (non-hydrogen) atoms. The molecule has 1 aromatic heterocycles. The summed E-state index contributed by atoms with van der Waals surface area (Å²) in [6.45, 7) is 4.81. The number of aromatic nitrogens is 1. The Morgan fingerprint density at radius 1 is 1.29 bits per heavy atom. The Morgan fingerprint density at radius 3 is 2.75 bits per heavy atom. The summed E-state index contributed by atoms with van der Waals surface area (Å²) in [4.78, 5) is 17.2. The summed E-state index contributed by atoms with van der Waals surface area (Å²) < 4.78 is 3.10. The van der Waals surface area contributed by atoms with E-state index in [9.17, 15) is 4.79 Å². The third-order valence-corrected chi connectivity index (χ3v) is 4.92. The van der Waals surface area contributed by atoms with Gasteiger partial charge in [-0.2, -0.15) is 4.99 Å². The number of carbonyl (C=O) groups is 1. The zero-order valence-corrected chi connectivity index (χ0v) is 15.1. The first kappa shape index (κ1) is 16.7. The predicted octanol–water partition coefficient (Wildman–Crippen LogP) is 4.83. The highest BCUT2D eigenvalue weighted by molar-refractivity contribution is 7.16. The van der Waals surface area contributed by atoms with Crippen LogP contribution in [0.2, 0.25) is 5.02 Å². The average molecular weight is 357 g/mol. The molecule has 3 aromatic rings. The van der Waals surface area contributed by atoms with E-state index in [-0.39, 0.29) is 5.91 Å². The van der Waals surface area contributed by atoms with Crippen molar-refractivity contribution in [2.45, 2.75) is 20.4 Å². The van der Waals surface area contributed by atoms with Crippen LogP contribution in [0.1, 0.15) is 18.1 Å². The summed E-state index contributed by atoms with van der Waals surface area (Å²) >= 11 is 7.62. The number of nitrogens with zero attached hydrogens (tertiary/aromatic N) is 2. The minimum atomic E-state index is -0.267. The average Bonchev–Trinajstić information content (AvgIpc) is 2.91. The third kappa shape index (κ3) is 3.50. The van der Waals surface area contributed by atoms with E-state index in [1.54, 1.807) is 6.08 Å². The van der Waals surface area contributed by atoms with Crippen LogP contribution < -0.4 is 4.80 Å². The molecule has 0 aliphatic rings. The van der Waals surface area contributed by atoms with Crippen LogP contribution in [-0.4, -0.2) is 10.5 Å². The smallest absolute Gasteiger partial charge is 0.272 e. The molecule has 0 saturated carbocycles. The van der Waals surface area contributed by atoms with E-state index in [0.29, 0.717) is 9.82 Å². The van der Waals surface area contributed by atoms with Gasteiger partial charge in [-0.05, 0) is 43.2 Å². The maximum absolute atomic E-state index is 12.2. The van der Waals surface area contributed by atoms with Crippen molar-refractivity contribution < 1.29 is 4.79 Å². The number of hydrogen-bond acceptors (Lipinski definition) is 2. The Morgan fingerprint density at radius 2 is 2.04 bits per heavy atom. The molecule has 1 amide bonds. The van der Waals surface area contributed by atoms with Crippen LogP contribution in [-0.2, 0) is 11.3 Å². The Labute approximate surface area is 149 Å². The van der Waals surface area contributed by atoms with E-state index in [1.807, 2.05) is 56.3 Å². The highest BCUT2D eigenvalue weighted by atomic mass is 35.5. The molecular formula is C19H17ClN2OS. The monoisotopic (exact) mass is 356 g/mol. The molecule has 0 radical (unpaired) electrons. The van der Waals surface area contributed by atoms with Gasteiger partial charge in [0.25, 0.3) is 5.91 Å². The second-order valence-corrected chi connectivity index (χ2v) is 6.84. The van der Waals surface area contributed by atoms with Gasteiger partial charge in [0, 0.05) is 17.6 Å². The second kappa shape index (κ2) is 7.16. The largest absolute Gasteiger partial charge is 0.316 e. The molecule has 0 N–H and O–H groups in total. The molecule has 0 atom stereocenters. The van der Waals surface area contributed by atoms with E-state index in [1.165, 1.54) is 17.4 Å². The van der Waals surface area contributed by atoms with E-state index >= 15 is 0 Å². The van der Waals surface area contributed by atoms with Gasteiger partial charge in [0.05, 0.1) is 10.2 Å². The van der Waals surface area contributed by atoms with Gasteiger partial charge < -0.3 is 4.57 Å². The molecule has 1 heterocycles. The molecule has 3 rings (SSSR count). The molecule has 122 valence electrons. The van der Waals surface area contributed by atoms with Crippen molar-refractivity contribution in [3.05, 3.63) is 69.5 Å². The van der Waals surface area contributed by atoms with Crippen molar-refractivity contribution in [3.63, 3.8) is 0 Å². The van der Waals surface area contributed by atoms with Crippen molar-refractivity contribution in [1.82, 2.24) is 4.57 Å². The van der Waals surface area contributed by atoms with Gasteiger partial charge in [-0.15, -0.1) is 0 Å². The number of halogens is 1. The molecule has 5 heteroatoms. The summed E-state index contributed by atoms with van der Waals surface area (Å²) in [5.74, 6) is -0.267. The Balaban J connectivity index is 2.02. The minimum Gasteiger partial charge on any atom is -0.316 e. The maximum atomic E-state index is 12.2. The third-order valence-electron chi connectivity index (χ3n) is 3.67. The fourth-order valence-electron chi connectivity index (χ4n) is 2.62. The van der Waals surface area contributed by atoms with Gasteiger partial charge in [-0.25, -0.2) is 0 Å². The lowest BCUT2D eigenvalue weighted by molar-refractivity contribution is -0.113. The summed E-state index contributed by atoms with van der Waals surface area (Å²) in [7, 11) is 0. The molecule has 0 fully saturated rings. The van der Waals surface area contributed by atoms with Crippen LogP contribution in [0.15, 0.2) is 53.5 Å². The van der Waals surface area contributed by atoms with Gasteiger partial charge in [-0.1, -0.05) is 53.3 Å². The van der Waals surface area contributed by atoms with Crippen LogP contribution in [0.3, 0.4) is 0 Å². The van der Waals surface area contributed by atoms with Gasteiger partial charge >= 0.3 is 0 Å². The van der Waals surface area contributed by atoms with Crippen LogP contribution >= 0.6 is 22.9 Å². The van der Waals surface area contributed by atoms with E-state index in [0.717, 1.165) is 27.9 Å². The highest BCUT2D eigenvalue weighted by Crippen LogP contribution is 2.25. The number of carbonyl (C=O) groups excluding carboxylic acids is 1. The summed E-state index contributed by atoms with van der Waals surface area (Å²) in [5, 5.41) is 0.700. The Kier molecular flexibility index (Phi) is 4.97. The zero-order chi connectivity index (χ0) is 17.1. The first-order valence-corrected chi connectivity index (χ1v) is 8.89. The summed E-state index contributed by atoms with van der Waals surface area (Å²) in [6, 6.07) is 13.6. The van der Waals surface area contributed by atoms with E-state index in [4.69, 9.17) is 11.6 Å². The Hall–Kier alpha value is -2.17. The molecule has 0 spiro atoms. The summed E-state index contributed by atoms with van der Waals surface area (Å²) in [5.41, 5.74) is 3.15. The standard InChI is InChI=1S/C19H17ClN2OS/c1-3-22-18-13(2)11-15(20)12-16(18)24-19(22)21-17(23)10-9-14-7-5-4-6-8-14/h4-12H,3H2,1-2H3/b10-9+,21-19?. The molecule has 0 saturated heterocycles. The Bertz CT molecular complexity index is 984. The van der Waals surface area contributed by atoms with Crippen LogP contribution in [0.25, 0.3) is 16.3 Å². The fraction of sp³-hybridized carbons (Fsp3) is 0.158. The van der Waals surface area contributed by atoms with Crippen LogP contribution in [0.5, 0.6) is 0 Å². The van der Waals surface area contributed by atoms with Crippen molar-refractivity contribution in [2.24, 2.45) is 4.99 Å². The number of aryl methyl sites for hydroxylation is 2. The number of benzene rings is 2. The number of thiazole rings is 1. The van der Waals surface area contributed by atoms with Crippen molar-refractivity contribution in [2.75, 3.05) is 0 Å². The lowest BCUT2D eigenvalue weighted by atomic mass is 10.2. The number of hydrogen-bond donors (Lipinski definition) is 0. The molecule has 3 nitrogen and oxygen atoms in total. The first-order chi connectivity index (χ1) is 11.6. The highest BCUT2D eigenvalue weighted by Gasteiger charge is 2.09. The van der Waals surface area contributed by atoms with Crippen LogP contribution in [0.4, 0.5) is 0 Å². The topological polar surface area (TPSA) is 34.4 Å². The molecule has 0 aliphatic carbocycles. The van der Waals surface area contributed by atoms with Gasteiger partial charge in [-0.3, -0.25) is 4.79 Å². The second-order valence-electron chi connectivity index (χ2n) is 5.39. The molecule has 0 bridgehead atoms. The molecule has 0 aliphatic heterocycles. The van der Waals surface area contributed by atoms with E-state index < -0.39 is 0 Å². The van der Waals surface area contributed by atoms with Crippen LogP contribution in [0, 0.1) is 6.92 Å². The minimum absolute atomic E-state index is 0.267. The van der Waals surface area contributed by atoms with Crippen molar-refractivity contribution >= 4 is 45.1 Å². The van der Waals surface area contributed by atoms with Gasteiger partial charge in [0.2, 0.25) is 0 Å². The predicted molar refractivity (Wildman–Crippen MR) is 101 cm³/mol.